The van der Waals surface area contributed by atoms with Crippen molar-refractivity contribution in [2.24, 2.45) is 0 Å². The second-order valence-corrected chi connectivity index (χ2v) is 5.20. The first-order valence-electron chi connectivity index (χ1n) is 6.57. The van der Waals surface area contributed by atoms with Gasteiger partial charge in [-0.3, -0.25) is 4.79 Å². The van der Waals surface area contributed by atoms with Crippen LogP contribution in [0.25, 0.3) is 0 Å². The largest absolute Gasteiger partial charge is 0.399 e. The number of nitrogens with two attached hydrogens (primary N) is 1. The van der Waals surface area contributed by atoms with Gasteiger partial charge >= 0.3 is 0 Å². The molecule has 2 rings (SSSR count). The zero-order valence-electron chi connectivity index (χ0n) is 11.6. The first-order valence-corrected chi connectivity index (χ1v) is 6.57. The van der Waals surface area contributed by atoms with E-state index in [-0.39, 0.29) is 17.5 Å². The summed E-state index contributed by atoms with van der Waals surface area (Å²) in [6.45, 7) is 0.605. The number of alkyl halides is 2. The second-order valence-electron chi connectivity index (χ2n) is 5.20. The van der Waals surface area contributed by atoms with E-state index in [2.05, 4.69) is 0 Å². The molecule has 1 atom stereocenters. The molecule has 4 nitrogen and oxygen atoms in total. The molecule has 1 amide bonds. The Hall–Kier alpha value is -1.85. The summed E-state index contributed by atoms with van der Waals surface area (Å²) in [7, 11) is 3.35. The predicted molar refractivity (Wildman–Crippen MR) is 74.9 cm³/mol. The van der Waals surface area contributed by atoms with Crippen LogP contribution >= 0.6 is 0 Å². The van der Waals surface area contributed by atoms with Crippen LogP contribution in [0.1, 0.15) is 24.8 Å². The van der Waals surface area contributed by atoms with Crippen LogP contribution in [0.4, 0.5) is 20.2 Å². The van der Waals surface area contributed by atoms with Gasteiger partial charge in [0.1, 0.15) is 6.04 Å². The molecule has 1 unspecified atom stereocenters. The van der Waals surface area contributed by atoms with Crippen LogP contribution in [-0.4, -0.2) is 37.5 Å². The zero-order valence-corrected chi connectivity index (χ0v) is 11.6. The number of carbonyl (C=O) groups excluding carboxylic acids is 1. The fourth-order valence-corrected chi connectivity index (χ4v) is 2.62. The van der Waals surface area contributed by atoms with E-state index in [1.54, 1.807) is 31.1 Å². The number of amides is 1. The third kappa shape index (κ3) is 2.69. The van der Waals surface area contributed by atoms with Crippen LogP contribution in [0, 0.1) is 0 Å². The first-order chi connectivity index (χ1) is 9.41. The maximum atomic E-state index is 13.2. The highest BCUT2D eigenvalue weighted by Crippen LogP contribution is 2.35. The van der Waals surface area contributed by atoms with Crippen LogP contribution < -0.4 is 10.6 Å². The normalized spacial score (nSPS) is 18.6. The van der Waals surface area contributed by atoms with E-state index in [0.29, 0.717) is 24.3 Å². The molecule has 1 fully saturated rings. The Balaban J connectivity index is 2.37. The number of nitrogens with zero attached hydrogens (tertiary/aromatic N) is 2. The van der Waals surface area contributed by atoms with Crippen molar-refractivity contribution in [1.29, 1.82) is 0 Å². The number of benzene rings is 1. The molecule has 20 heavy (non-hydrogen) atoms. The van der Waals surface area contributed by atoms with E-state index in [1.165, 1.54) is 11.0 Å². The third-order valence-electron chi connectivity index (χ3n) is 3.57. The van der Waals surface area contributed by atoms with Gasteiger partial charge in [-0.15, -0.1) is 0 Å². The number of hydrogen-bond donors (Lipinski definition) is 1. The highest BCUT2D eigenvalue weighted by molar-refractivity contribution is 5.86. The number of carbonyl (C=O) groups is 1. The van der Waals surface area contributed by atoms with Gasteiger partial charge in [-0.05, 0) is 31.0 Å². The van der Waals surface area contributed by atoms with Crippen molar-refractivity contribution in [3.63, 3.8) is 0 Å². The Morgan fingerprint density at radius 2 is 2.15 bits per heavy atom. The highest BCUT2D eigenvalue weighted by atomic mass is 19.3. The van der Waals surface area contributed by atoms with Gasteiger partial charge in [-0.2, -0.15) is 0 Å². The Bertz CT molecular complexity index is 505. The summed E-state index contributed by atoms with van der Waals surface area (Å²) in [6.07, 6.45) is -1.11. The van der Waals surface area contributed by atoms with Crippen molar-refractivity contribution in [1.82, 2.24) is 4.90 Å². The molecule has 1 aromatic rings. The predicted octanol–water partition coefficient (Wildman–Crippen LogP) is 2.26. The van der Waals surface area contributed by atoms with Crippen molar-refractivity contribution in [3.05, 3.63) is 23.8 Å². The number of nitrogen functional groups attached to an aromatic ring is 1. The molecule has 0 saturated carbocycles. The minimum atomic E-state index is -2.61. The molecule has 0 aliphatic carbocycles. The summed E-state index contributed by atoms with van der Waals surface area (Å²) in [5.41, 5.74) is 6.19. The Labute approximate surface area is 117 Å². The van der Waals surface area contributed by atoms with Gasteiger partial charge in [0, 0.05) is 37.6 Å². The average Bonchev–Trinajstić information content (AvgIpc) is 2.86. The number of rotatable bonds is 3. The molecule has 0 spiro atoms. The van der Waals surface area contributed by atoms with E-state index in [9.17, 15) is 13.6 Å². The molecule has 0 radical (unpaired) electrons. The number of halogens is 2. The fraction of sp³-hybridized carbons (Fsp3) is 0.500. The maximum Gasteiger partial charge on any atom is 0.265 e. The summed E-state index contributed by atoms with van der Waals surface area (Å²) < 4.78 is 26.3. The van der Waals surface area contributed by atoms with E-state index in [0.717, 1.165) is 6.42 Å². The Kier molecular flexibility index (Phi) is 4.11. The number of likely N-dealkylation sites (N-methyl/N-ethyl adjacent to an activating group) is 1. The van der Waals surface area contributed by atoms with Crippen LogP contribution in [-0.2, 0) is 4.79 Å². The smallest absolute Gasteiger partial charge is 0.265 e. The molecular formula is C14H19F2N3O. The van der Waals surface area contributed by atoms with Gasteiger partial charge in [0.05, 0.1) is 0 Å². The molecule has 110 valence electrons. The molecule has 0 aromatic heterocycles. The van der Waals surface area contributed by atoms with Gasteiger partial charge < -0.3 is 15.5 Å². The molecule has 1 heterocycles. The van der Waals surface area contributed by atoms with Crippen molar-refractivity contribution in [3.8, 4) is 0 Å². The lowest BCUT2D eigenvalue weighted by Crippen LogP contribution is -2.43. The molecule has 1 aromatic carbocycles. The molecule has 1 aliphatic heterocycles. The van der Waals surface area contributed by atoms with Crippen LogP contribution in [0.3, 0.4) is 0 Å². The van der Waals surface area contributed by atoms with E-state index < -0.39 is 6.43 Å². The third-order valence-corrected chi connectivity index (χ3v) is 3.57. The maximum absolute atomic E-state index is 13.2. The summed E-state index contributed by atoms with van der Waals surface area (Å²) in [5.74, 6) is -0.0560. The molecule has 0 bridgehead atoms. The van der Waals surface area contributed by atoms with E-state index in [1.807, 2.05) is 0 Å². The van der Waals surface area contributed by atoms with E-state index in [4.69, 9.17) is 5.73 Å². The minimum Gasteiger partial charge on any atom is -0.399 e. The summed E-state index contributed by atoms with van der Waals surface area (Å²) >= 11 is 0. The van der Waals surface area contributed by atoms with Gasteiger partial charge in [0.25, 0.3) is 6.43 Å². The number of anilines is 2. The monoisotopic (exact) mass is 283 g/mol. The van der Waals surface area contributed by atoms with Gasteiger partial charge in [-0.25, -0.2) is 8.78 Å². The quantitative estimate of drug-likeness (QED) is 0.866. The zero-order chi connectivity index (χ0) is 14.9. The van der Waals surface area contributed by atoms with Crippen molar-refractivity contribution in [2.45, 2.75) is 25.3 Å². The van der Waals surface area contributed by atoms with Crippen molar-refractivity contribution >= 4 is 17.3 Å². The molecule has 6 heteroatoms. The van der Waals surface area contributed by atoms with Crippen LogP contribution in [0.5, 0.6) is 0 Å². The lowest BCUT2D eigenvalue weighted by molar-refractivity contribution is -0.129. The molecule has 1 saturated heterocycles. The van der Waals surface area contributed by atoms with Gasteiger partial charge in [0.2, 0.25) is 5.91 Å². The molecule has 2 N–H and O–H groups in total. The van der Waals surface area contributed by atoms with Crippen LogP contribution in [0.15, 0.2) is 18.2 Å². The molecular weight excluding hydrogens is 264 g/mol. The lowest BCUT2D eigenvalue weighted by Gasteiger charge is -2.29. The minimum absolute atomic E-state index is 0.0560. The lowest BCUT2D eigenvalue weighted by atomic mass is 10.1. The first kappa shape index (κ1) is 14.6. The average molecular weight is 283 g/mol. The Morgan fingerprint density at radius 3 is 2.75 bits per heavy atom. The Morgan fingerprint density at radius 1 is 1.45 bits per heavy atom. The summed E-state index contributed by atoms with van der Waals surface area (Å²) in [6, 6.07) is 4.09. The highest BCUT2D eigenvalue weighted by Gasteiger charge is 2.33. The SMILES string of the molecule is CN(C)C(=O)C1CCCN1c1ccc(N)cc1C(F)F. The number of hydrogen-bond acceptors (Lipinski definition) is 3. The van der Waals surface area contributed by atoms with Gasteiger partial charge in [-0.1, -0.05) is 0 Å². The van der Waals surface area contributed by atoms with Crippen molar-refractivity contribution in [2.75, 3.05) is 31.3 Å². The standard InChI is InChI=1S/C14H19F2N3O/c1-18(2)14(20)12-4-3-7-19(12)11-6-5-9(17)8-10(11)13(15)16/h5-6,8,12-13H,3-4,7,17H2,1-2H3. The molecule has 1 aliphatic rings. The van der Waals surface area contributed by atoms with Gasteiger partial charge in [0.15, 0.2) is 0 Å². The fourth-order valence-electron chi connectivity index (χ4n) is 2.62. The van der Waals surface area contributed by atoms with Crippen molar-refractivity contribution < 1.29 is 13.6 Å². The second kappa shape index (κ2) is 5.64. The van der Waals surface area contributed by atoms with E-state index >= 15 is 0 Å². The summed E-state index contributed by atoms with van der Waals surface area (Å²) in [4.78, 5) is 15.4. The summed E-state index contributed by atoms with van der Waals surface area (Å²) in [5, 5.41) is 0. The topological polar surface area (TPSA) is 49.6 Å². The van der Waals surface area contributed by atoms with Crippen LogP contribution in [0.2, 0.25) is 0 Å².